The van der Waals surface area contributed by atoms with Crippen molar-refractivity contribution in [3.05, 3.63) is 41.7 Å². The number of aromatic nitrogens is 3. The van der Waals surface area contributed by atoms with E-state index in [0.717, 1.165) is 5.82 Å². The van der Waals surface area contributed by atoms with Crippen molar-refractivity contribution in [3.8, 4) is 0 Å². The predicted molar refractivity (Wildman–Crippen MR) is 71.3 cm³/mol. The molecule has 0 saturated carbocycles. The second-order valence-corrected chi connectivity index (χ2v) is 6.07. The van der Waals surface area contributed by atoms with Gasteiger partial charge in [-0.2, -0.15) is 0 Å². The lowest BCUT2D eigenvalue weighted by atomic mass is 10.4. The molecule has 0 spiro atoms. The molecule has 0 unspecified atom stereocenters. The highest BCUT2D eigenvalue weighted by atomic mass is 35.5. The average Bonchev–Trinajstić information content (AvgIpc) is 2.75. The maximum Gasteiger partial charge on any atom is 0.240 e. The topological polar surface area (TPSA) is 76.9 Å². The van der Waals surface area contributed by atoms with E-state index >= 15 is 0 Å². The van der Waals surface area contributed by atoms with Crippen LogP contribution in [-0.2, 0) is 23.5 Å². The maximum absolute atomic E-state index is 12.0. The molecular formula is C11H13ClN4O2S. The number of aryl methyl sites for hydroxylation is 1. The molecule has 102 valence electrons. The number of pyridine rings is 1. The molecule has 2 aromatic rings. The molecule has 2 aromatic heterocycles. The second kappa shape index (κ2) is 5.68. The van der Waals surface area contributed by atoms with Crippen LogP contribution in [0.4, 0.5) is 0 Å². The normalized spacial score (nSPS) is 11.7. The van der Waals surface area contributed by atoms with Crippen molar-refractivity contribution in [2.75, 3.05) is 6.54 Å². The van der Waals surface area contributed by atoms with Crippen LogP contribution in [-0.4, -0.2) is 29.5 Å². The van der Waals surface area contributed by atoms with Crippen molar-refractivity contribution < 1.29 is 8.42 Å². The Kier molecular flexibility index (Phi) is 4.18. The second-order valence-electron chi connectivity index (χ2n) is 3.92. The van der Waals surface area contributed by atoms with Gasteiger partial charge in [0.1, 0.15) is 11.0 Å². The van der Waals surface area contributed by atoms with E-state index in [9.17, 15) is 8.42 Å². The summed E-state index contributed by atoms with van der Waals surface area (Å²) in [6.45, 7) is 0.271. The molecule has 1 N–H and O–H groups in total. The van der Waals surface area contributed by atoms with Gasteiger partial charge < -0.3 is 4.57 Å². The number of nitrogens with one attached hydrogen (secondary N) is 1. The number of imidazole rings is 1. The van der Waals surface area contributed by atoms with Crippen LogP contribution in [0.3, 0.4) is 0 Å². The average molecular weight is 301 g/mol. The van der Waals surface area contributed by atoms with Gasteiger partial charge in [-0.25, -0.2) is 23.1 Å². The van der Waals surface area contributed by atoms with Gasteiger partial charge in [-0.3, -0.25) is 0 Å². The summed E-state index contributed by atoms with van der Waals surface area (Å²) in [4.78, 5) is 7.97. The summed E-state index contributed by atoms with van der Waals surface area (Å²) in [7, 11) is -1.70. The van der Waals surface area contributed by atoms with E-state index in [2.05, 4.69) is 14.7 Å². The van der Waals surface area contributed by atoms with Crippen molar-refractivity contribution >= 4 is 21.6 Å². The van der Waals surface area contributed by atoms with Crippen molar-refractivity contribution in [2.24, 2.45) is 7.05 Å². The van der Waals surface area contributed by atoms with Crippen LogP contribution in [0.1, 0.15) is 5.82 Å². The van der Waals surface area contributed by atoms with E-state index < -0.39 is 10.0 Å². The summed E-state index contributed by atoms with van der Waals surface area (Å²) in [5, 5.41) is 0.145. The first-order valence-electron chi connectivity index (χ1n) is 5.56. The van der Waals surface area contributed by atoms with E-state index in [4.69, 9.17) is 11.6 Å². The zero-order valence-electron chi connectivity index (χ0n) is 10.2. The highest BCUT2D eigenvalue weighted by molar-refractivity contribution is 7.89. The maximum atomic E-state index is 12.0. The molecular weight excluding hydrogens is 288 g/mol. The molecule has 6 nitrogen and oxygen atoms in total. The van der Waals surface area contributed by atoms with Crippen molar-refractivity contribution in [1.82, 2.24) is 19.3 Å². The standard InChI is InChI=1S/C11H13ClN4O2S/c1-16-7-6-14-11(16)3-5-15-19(17,18)9-2-4-13-10(12)8-9/h2,4,6-8,15H,3,5H2,1H3. The van der Waals surface area contributed by atoms with Gasteiger partial charge in [0, 0.05) is 38.6 Å². The number of nitrogens with zero attached hydrogens (tertiary/aromatic N) is 3. The predicted octanol–water partition coefficient (Wildman–Crippen LogP) is 0.989. The quantitative estimate of drug-likeness (QED) is 0.835. The van der Waals surface area contributed by atoms with Crippen molar-refractivity contribution in [1.29, 1.82) is 0 Å². The van der Waals surface area contributed by atoms with Gasteiger partial charge in [0.2, 0.25) is 10.0 Å². The molecule has 0 saturated heterocycles. The fourth-order valence-corrected chi connectivity index (χ4v) is 2.85. The molecule has 2 rings (SSSR count). The van der Waals surface area contributed by atoms with Gasteiger partial charge in [-0.15, -0.1) is 0 Å². The largest absolute Gasteiger partial charge is 0.338 e. The minimum atomic E-state index is -3.56. The van der Waals surface area contributed by atoms with E-state index in [1.807, 2.05) is 17.8 Å². The van der Waals surface area contributed by atoms with Crippen LogP contribution in [0.2, 0.25) is 5.15 Å². The molecule has 0 fully saturated rings. The van der Waals surface area contributed by atoms with E-state index in [1.54, 1.807) is 6.20 Å². The first kappa shape index (κ1) is 14.0. The molecule has 0 atom stereocenters. The Balaban J connectivity index is 2.01. The van der Waals surface area contributed by atoms with Gasteiger partial charge >= 0.3 is 0 Å². The lowest BCUT2D eigenvalue weighted by Gasteiger charge is -2.06. The smallest absolute Gasteiger partial charge is 0.240 e. The lowest BCUT2D eigenvalue weighted by molar-refractivity contribution is 0.580. The van der Waals surface area contributed by atoms with Crippen molar-refractivity contribution in [3.63, 3.8) is 0 Å². The summed E-state index contributed by atoms with van der Waals surface area (Å²) in [5.74, 6) is 0.815. The highest BCUT2D eigenvalue weighted by Crippen LogP contribution is 2.12. The van der Waals surface area contributed by atoms with E-state index in [1.165, 1.54) is 18.3 Å². The van der Waals surface area contributed by atoms with E-state index in [-0.39, 0.29) is 16.6 Å². The number of hydrogen-bond acceptors (Lipinski definition) is 4. The van der Waals surface area contributed by atoms with Gasteiger partial charge in [0.05, 0.1) is 4.90 Å². The first-order valence-corrected chi connectivity index (χ1v) is 7.42. The number of hydrogen-bond donors (Lipinski definition) is 1. The van der Waals surface area contributed by atoms with Gasteiger partial charge in [-0.1, -0.05) is 11.6 Å². The SMILES string of the molecule is Cn1ccnc1CCNS(=O)(=O)c1ccnc(Cl)c1. The Morgan fingerprint density at radius 1 is 1.37 bits per heavy atom. The van der Waals surface area contributed by atoms with Crippen molar-refractivity contribution in [2.45, 2.75) is 11.3 Å². The number of halogens is 1. The fraction of sp³-hybridized carbons (Fsp3) is 0.273. The Morgan fingerprint density at radius 3 is 2.79 bits per heavy atom. The molecule has 0 aliphatic carbocycles. The van der Waals surface area contributed by atoms with E-state index in [0.29, 0.717) is 6.42 Å². The number of sulfonamides is 1. The molecule has 0 radical (unpaired) electrons. The fourth-order valence-electron chi connectivity index (χ4n) is 1.57. The summed E-state index contributed by atoms with van der Waals surface area (Å²) < 4.78 is 28.3. The molecule has 0 aliphatic heterocycles. The first-order chi connectivity index (χ1) is 8.99. The van der Waals surface area contributed by atoms with Crippen LogP contribution in [0.15, 0.2) is 35.6 Å². The molecule has 19 heavy (non-hydrogen) atoms. The molecule has 0 aromatic carbocycles. The number of rotatable bonds is 5. The van der Waals surface area contributed by atoms with Crippen LogP contribution < -0.4 is 4.72 Å². The Morgan fingerprint density at radius 2 is 2.16 bits per heavy atom. The summed E-state index contributed by atoms with van der Waals surface area (Å²) in [6.07, 6.45) is 5.36. The Hall–Kier alpha value is -1.44. The molecule has 0 aliphatic rings. The van der Waals surface area contributed by atoms with Crippen LogP contribution >= 0.6 is 11.6 Å². The van der Waals surface area contributed by atoms with Crippen LogP contribution in [0, 0.1) is 0 Å². The zero-order chi connectivity index (χ0) is 13.9. The monoisotopic (exact) mass is 300 g/mol. The minimum Gasteiger partial charge on any atom is -0.338 e. The van der Waals surface area contributed by atoms with Gasteiger partial charge in [0.15, 0.2) is 0 Å². The summed E-state index contributed by atoms with van der Waals surface area (Å²) in [6, 6.07) is 2.71. The van der Waals surface area contributed by atoms with Crippen LogP contribution in [0.25, 0.3) is 0 Å². The third-order valence-electron chi connectivity index (χ3n) is 2.57. The molecule has 8 heteroatoms. The van der Waals surface area contributed by atoms with Gasteiger partial charge in [-0.05, 0) is 12.1 Å². The highest BCUT2D eigenvalue weighted by Gasteiger charge is 2.14. The zero-order valence-corrected chi connectivity index (χ0v) is 11.8. The van der Waals surface area contributed by atoms with Gasteiger partial charge in [0.25, 0.3) is 0 Å². The lowest BCUT2D eigenvalue weighted by Crippen LogP contribution is -2.26. The molecule has 0 bridgehead atoms. The summed E-state index contributed by atoms with van der Waals surface area (Å²) >= 11 is 5.67. The Labute approximate surface area is 116 Å². The third-order valence-corrected chi connectivity index (χ3v) is 4.24. The third kappa shape index (κ3) is 3.52. The Bertz CT molecular complexity index is 669. The summed E-state index contributed by atoms with van der Waals surface area (Å²) in [5.41, 5.74) is 0. The molecule has 2 heterocycles. The van der Waals surface area contributed by atoms with Crippen LogP contribution in [0.5, 0.6) is 0 Å². The minimum absolute atomic E-state index is 0.104. The molecule has 0 amide bonds.